The third kappa shape index (κ3) is 6.22. The number of ether oxygens (including phenoxy) is 1. The van der Waals surface area contributed by atoms with Crippen molar-refractivity contribution in [2.75, 3.05) is 11.5 Å². The van der Waals surface area contributed by atoms with E-state index in [0.717, 1.165) is 12.2 Å². The Hall–Kier alpha value is -1.22. The van der Waals surface area contributed by atoms with Gasteiger partial charge in [-0.15, -0.1) is 11.8 Å². The van der Waals surface area contributed by atoms with Crippen LogP contribution in [-0.4, -0.2) is 23.1 Å². The molecule has 0 saturated carbocycles. The second kappa shape index (κ2) is 9.47. The Morgan fingerprint density at radius 3 is 2.92 bits per heavy atom. The minimum absolute atomic E-state index is 0.115. The number of esters is 1. The van der Waals surface area contributed by atoms with E-state index >= 15 is 0 Å². The zero-order valence-corrected chi connectivity index (χ0v) is 16.9. The molecule has 0 spiro atoms. The molecule has 0 aromatic rings. The molecule has 2 aliphatic rings. The van der Waals surface area contributed by atoms with Crippen molar-refractivity contribution >= 4 is 17.7 Å². The lowest BCUT2D eigenvalue weighted by atomic mass is 9.74. The first kappa shape index (κ1) is 20.1. The van der Waals surface area contributed by atoms with Gasteiger partial charge in [0.15, 0.2) is 0 Å². The lowest BCUT2D eigenvalue weighted by Gasteiger charge is -2.31. The van der Waals surface area contributed by atoms with Gasteiger partial charge in [0.1, 0.15) is 5.60 Å². The maximum absolute atomic E-state index is 11.8. The van der Waals surface area contributed by atoms with Crippen molar-refractivity contribution in [3.63, 3.8) is 0 Å². The summed E-state index contributed by atoms with van der Waals surface area (Å²) >= 11 is 1.62. The van der Waals surface area contributed by atoms with E-state index in [-0.39, 0.29) is 11.6 Å². The van der Waals surface area contributed by atoms with Crippen LogP contribution in [-0.2, 0) is 9.53 Å². The smallest absolute Gasteiger partial charge is 0.316 e. The fraction of sp³-hybridized carbons (Fsp3) is 0.591. The van der Waals surface area contributed by atoms with E-state index in [2.05, 4.69) is 43.4 Å². The summed E-state index contributed by atoms with van der Waals surface area (Å²) in [6.45, 7) is 8.23. The maximum Gasteiger partial charge on any atom is 0.316 e. The van der Waals surface area contributed by atoms with Crippen molar-refractivity contribution in [3.8, 4) is 0 Å². The van der Waals surface area contributed by atoms with Crippen LogP contribution < -0.4 is 0 Å². The molecule has 0 saturated heterocycles. The summed E-state index contributed by atoms with van der Waals surface area (Å²) in [7, 11) is 0. The molecule has 25 heavy (non-hydrogen) atoms. The standard InChI is InChI=1S/C22H32O2S/c1-5-17-14-19-10-7-8-11-20(19)15-18(17)12-9-13-25-16-21(23)24-22(3,4)6-2/h7-9,11-12,15,17,19H,5-6,10,13-14,16H2,1-4H3/b12-9-. The predicted octanol–water partition coefficient (Wildman–Crippen LogP) is 5.87. The average Bonchev–Trinajstić information content (AvgIpc) is 2.60. The van der Waals surface area contributed by atoms with Gasteiger partial charge in [-0.2, -0.15) is 0 Å². The van der Waals surface area contributed by atoms with Crippen LogP contribution in [0.5, 0.6) is 0 Å². The summed E-state index contributed by atoms with van der Waals surface area (Å²) in [6, 6.07) is 0. The Morgan fingerprint density at radius 1 is 1.40 bits per heavy atom. The molecule has 0 bridgehead atoms. The first-order chi connectivity index (χ1) is 11.9. The van der Waals surface area contributed by atoms with Gasteiger partial charge in [0, 0.05) is 5.75 Å². The quantitative estimate of drug-likeness (QED) is 0.400. The van der Waals surface area contributed by atoms with E-state index in [1.54, 1.807) is 11.8 Å². The zero-order chi connectivity index (χ0) is 18.3. The number of hydrogen-bond acceptors (Lipinski definition) is 3. The molecule has 0 amide bonds. The van der Waals surface area contributed by atoms with Gasteiger partial charge in [-0.25, -0.2) is 0 Å². The molecule has 2 rings (SSSR count). The Balaban J connectivity index is 1.82. The first-order valence-electron chi connectivity index (χ1n) is 9.49. The van der Waals surface area contributed by atoms with E-state index in [1.807, 2.05) is 20.8 Å². The van der Waals surface area contributed by atoms with Crippen molar-refractivity contribution in [1.29, 1.82) is 0 Å². The summed E-state index contributed by atoms with van der Waals surface area (Å²) in [5.74, 6) is 2.51. The van der Waals surface area contributed by atoms with Crippen molar-refractivity contribution < 1.29 is 9.53 Å². The highest BCUT2D eigenvalue weighted by Gasteiger charge is 2.25. The van der Waals surface area contributed by atoms with Gasteiger partial charge >= 0.3 is 5.97 Å². The molecule has 2 unspecified atom stereocenters. The van der Waals surface area contributed by atoms with Gasteiger partial charge in [0.25, 0.3) is 0 Å². The van der Waals surface area contributed by atoms with Crippen LogP contribution >= 0.6 is 11.8 Å². The summed E-state index contributed by atoms with van der Waals surface area (Å²) in [5, 5.41) is 0. The fourth-order valence-corrected chi connectivity index (χ4v) is 3.85. The Bertz CT molecular complexity index is 581. The Labute approximate surface area is 157 Å². The van der Waals surface area contributed by atoms with Crippen LogP contribution in [0, 0.1) is 11.8 Å². The van der Waals surface area contributed by atoms with Crippen LogP contribution in [0.4, 0.5) is 0 Å². The summed E-state index contributed by atoms with van der Waals surface area (Å²) < 4.78 is 5.47. The van der Waals surface area contributed by atoms with Gasteiger partial charge in [0.05, 0.1) is 5.75 Å². The first-order valence-corrected chi connectivity index (χ1v) is 10.6. The average molecular weight is 361 g/mol. The third-order valence-corrected chi connectivity index (χ3v) is 6.04. The summed E-state index contributed by atoms with van der Waals surface area (Å²) in [4.78, 5) is 11.8. The second-order valence-electron chi connectivity index (χ2n) is 7.52. The molecular formula is C22H32O2S. The highest BCUT2D eigenvalue weighted by Crippen LogP contribution is 2.38. The normalized spacial score (nSPS) is 23.2. The number of hydrogen-bond donors (Lipinski definition) is 0. The molecule has 2 aliphatic carbocycles. The molecule has 2 nitrogen and oxygen atoms in total. The summed E-state index contributed by atoms with van der Waals surface area (Å²) in [5.41, 5.74) is 2.56. The lowest BCUT2D eigenvalue weighted by Crippen LogP contribution is -2.27. The van der Waals surface area contributed by atoms with Crippen LogP contribution in [0.25, 0.3) is 0 Å². The number of allylic oxidation sites excluding steroid dienone is 7. The number of fused-ring (bicyclic) bond motifs is 1. The number of carbonyl (C=O) groups excluding carboxylic acids is 1. The van der Waals surface area contributed by atoms with E-state index in [1.165, 1.54) is 30.4 Å². The fourth-order valence-electron chi connectivity index (χ4n) is 3.27. The van der Waals surface area contributed by atoms with Gasteiger partial charge in [-0.1, -0.05) is 50.3 Å². The molecular weight excluding hydrogens is 328 g/mol. The van der Waals surface area contributed by atoms with Crippen LogP contribution in [0.15, 0.2) is 47.6 Å². The molecule has 2 atom stereocenters. The number of thioether (sulfide) groups is 1. The number of carbonyl (C=O) groups is 1. The minimum Gasteiger partial charge on any atom is -0.459 e. The van der Waals surface area contributed by atoms with Gasteiger partial charge in [-0.3, -0.25) is 4.79 Å². The molecule has 3 heteroatoms. The molecule has 0 aromatic heterocycles. The largest absolute Gasteiger partial charge is 0.459 e. The van der Waals surface area contributed by atoms with E-state index in [4.69, 9.17) is 4.74 Å². The molecule has 0 aliphatic heterocycles. The summed E-state index contributed by atoms with van der Waals surface area (Å²) in [6.07, 6.45) is 18.0. The lowest BCUT2D eigenvalue weighted by molar-refractivity contribution is -0.153. The number of rotatable bonds is 8. The molecule has 0 N–H and O–H groups in total. The van der Waals surface area contributed by atoms with E-state index < -0.39 is 0 Å². The van der Waals surface area contributed by atoms with Crippen molar-refractivity contribution in [2.45, 2.75) is 59.0 Å². The SMILES string of the molecule is CCC1CC2CC=CC=C2C=C1/C=C\CSCC(=O)OC(C)(C)CC. The van der Waals surface area contributed by atoms with Gasteiger partial charge in [0.2, 0.25) is 0 Å². The highest BCUT2D eigenvalue weighted by molar-refractivity contribution is 8.00. The van der Waals surface area contributed by atoms with Crippen molar-refractivity contribution in [1.82, 2.24) is 0 Å². The minimum atomic E-state index is -0.354. The Morgan fingerprint density at radius 2 is 2.20 bits per heavy atom. The predicted molar refractivity (Wildman–Crippen MR) is 109 cm³/mol. The molecule has 0 aromatic carbocycles. The zero-order valence-electron chi connectivity index (χ0n) is 16.1. The van der Waals surface area contributed by atoms with Gasteiger partial charge in [-0.05, 0) is 62.5 Å². The molecule has 0 heterocycles. The molecule has 0 radical (unpaired) electrons. The van der Waals surface area contributed by atoms with Crippen molar-refractivity contribution in [2.24, 2.45) is 11.8 Å². The van der Waals surface area contributed by atoms with Crippen LogP contribution in [0.2, 0.25) is 0 Å². The Kier molecular flexibility index (Phi) is 7.61. The van der Waals surface area contributed by atoms with Crippen LogP contribution in [0.1, 0.15) is 53.4 Å². The highest BCUT2D eigenvalue weighted by atomic mass is 32.2. The van der Waals surface area contributed by atoms with Gasteiger partial charge < -0.3 is 4.74 Å². The van der Waals surface area contributed by atoms with E-state index in [9.17, 15) is 4.79 Å². The van der Waals surface area contributed by atoms with Crippen LogP contribution in [0.3, 0.4) is 0 Å². The van der Waals surface area contributed by atoms with E-state index in [0.29, 0.717) is 17.6 Å². The maximum atomic E-state index is 11.8. The third-order valence-electron chi connectivity index (χ3n) is 5.17. The monoisotopic (exact) mass is 360 g/mol. The van der Waals surface area contributed by atoms with Crippen molar-refractivity contribution in [3.05, 3.63) is 47.6 Å². The topological polar surface area (TPSA) is 26.3 Å². The second-order valence-corrected chi connectivity index (χ2v) is 8.55. The molecule has 0 fully saturated rings. The molecule has 138 valence electrons.